The van der Waals surface area contributed by atoms with Gasteiger partial charge < -0.3 is 10.1 Å². The second kappa shape index (κ2) is 8.65. The highest BCUT2D eigenvalue weighted by Crippen LogP contribution is 2.09. The standard InChI is InChI=1S/C17H21N5O4/c1-4-26-16(24)20-19-11-13-14(18-10-12-8-6-5-7-9-12)21(2)17(25)22(3)15(13)23/h5-9,11,18H,4,10H2,1-3H3,(H,20,24). The molecule has 2 rings (SSSR count). The average molecular weight is 359 g/mol. The molecule has 0 radical (unpaired) electrons. The van der Waals surface area contributed by atoms with E-state index in [0.717, 1.165) is 10.1 Å². The molecule has 0 aliphatic heterocycles. The Morgan fingerprint density at radius 3 is 2.54 bits per heavy atom. The van der Waals surface area contributed by atoms with Crippen LogP contribution in [0.4, 0.5) is 10.6 Å². The zero-order valence-corrected chi connectivity index (χ0v) is 14.9. The van der Waals surface area contributed by atoms with Crippen LogP contribution in [-0.2, 0) is 25.4 Å². The normalized spacial score (nSPS) is 10.7. The summed E-state index contributed by atoms with van der Waals surface area (Å²) in [5.74, 6) is 0.302. The molecule has 0 saturated carbocycles. The molecule has 1 heterocycles. The Morgan fingerprint density at radius 1 is 1.19 bits per heavy atom. The maximum atomic E-state index is 12.4. The van der Waals surface area contributed by atoms with Crippen molar-refractivity contribution in [3.05, 3.63) is 62.3 Å². The van der Waals surface area contributed by atoms with Gasteiger partial charge in [-0.3, -0.25) is 13.9 Å². The van der Waals surface area contributed by atoms with Gasteiger partial charge in [0.15, 0.2) is 0 Å². The maximum Gasteiger partial charge on any atom is 0.427 e. The molecule has 0 spiro atoms. The number of nitrogens with one attached hydrogen (secondary N) is 2. The first kappa shape index (κ1) is 19.0. The van der Waals surface area contributed by atoms with Crippen molar-refractivity contribution in [1.29, 1.82) is 0 Å². The van der Waals surface area contributed by atoms with Crippen molar-refractivity contribution < 1.29 is 9.53 Å². The Morgan fingerprint density at radius 2 is 1.88 bits per heavy atom. The van der Waals surface area contributed by atoms with Crippen molar-refractivity contribution in [2.75, 3.05) is 11.9 Å². The average Bonchev–Trinajstić information content (AvgIpc) is 2.64. The zero-order chi connectivity index (χ0) is 19.1. The number of aromatic nitrogens is 2. The number of anilines is 1. The van der Waals surface area contributed by atoms with E-state index in [4.69, 9.17) is 4.74 Å². The molecule has 0 aliphatic carbocycles. The number of amides is 1. The van der Waals surface area contributed by atoms with Gasteiger partial charge in [0.05, 0.1) is 12.8 Å². The Hall–Kier alpha value is -3.36. The number of nitrogens with zero attached hydrogens (tertiary/aromatic N) is 3. The molecule has 2 N–H and O–H groups in total. The largest absolute Gasteiger partial charge is 0.449 e. The number of ether oxygens (including phenoxy) is 1. The van der Waals surface area contributed by atoms with Crippen molar-refractivity contribution in [3.8, 4) is 0 Å². The van der Waals surface area contributed by atoms with Crippen molar-refractivity contribution >= 4 is 18.1 Å². The van der Waals surface area contributed by atoms with Crippen LogP contribution >= 0.6 is 0 Å². The molecule has 138 valence electrons. The molecule has 1 aromatic carbocycles. The van der Waals surface area contributed by atoms with E-state index in [2.05, 4.69) is 15.8 Å². The van der Waals surface area contributed by atoms with Crippen LogP contribution in [0, 0.1) is 0 Å². The Labute approximate surface area is 149 Å². The fourth-order valence-electron chi connectivity index (χ4n) is 2.29. The molecule has 9 heteroatoms. The summed E-state index contributed by atoms with van der Waals surface area (Å²) in [5, 5.41) is 6.81. The lowest BCUT2D eigenvalue weighted by atomic mass is 10.2. The minimum atomic E-state index is -0.732. The van der Waals surface area contributed by atoms with E-state index in [9.17, 15) is 14.4 Å². The number of carbonyl (C=O) groups excluding carboxylic acids is 1. The van der Waals surface area contributed by atoms with E-state index < -0.39 is 17.3 Å². The van der Waals surface area contributed by atoms with Crippen LogP contribution in [0.25, 0.3) is 0 Å². The number of hydrogen-bond acceptors (Lipinski definition) is 6. The van der Waals surface area contributed by atoms with E-state index >= 15 is 0 Å². The third-order valence-corrected chi connectivity index (χ3v) is 3.63. The maximum absolute atomic E-state index is 12.4. The number of rotatable bonds is 6. The molecule has 0 bridgehead atoms. The summed E-state index contributed by atoms with van der Waals surface area (Å²) in [5.41, 5.74) is 2.28. The van der Waals surface area contributed by atoms with Gasteiger partial charge in [-0.25, -0.2) is 15.0 Å². The molecule has 1 amide bonds. The summed E-state index contributed by atoms with van der Waals surface area (Å²) in [6.45, 7) is 2.28. The van der Waals surface area contributed by atoms with Crippen LogP contribution in [0.1, 0.15) is 18.1 Å². The third-order valence-electron chi connectivity index (χ3n) is 3.63. The fourth-order valence-corrected chi connectivity index (χ4v) is 2.29. The molecule has 26 heavy (non-hydrogen) atoms. The molecule has 0 aliphatic rings. The van der Waals surface area contributed by atoms with Gasteiger partial charge in [-0.15, -0.1) is 0 Å². The zero-order valence-electron chi connectivity index (χ0n) is 14.9. The Bertz CT molecular complexity index is 915. The van der Waals surface area contributed by atoms with Gasteiger partial charge in [0.2, 0.25) is 0 Å². The van der Waals surface area contributed by atoms with E-state index in [1.54, 1.807) is 14.0 Å². The highest BCUT2D eigenvalue weighted by Gasteiger charge is 2.14. The number of carbonyl (C=O) groups is 1. The van der Waals surface area contributed by atoms with Gasteiger partial charge in [0.1, 0.15) is 11.4 Å². The minimum Gasteiger partial charge on any atom is -0.449 e. The second-order valence-electron chi connectivity index (χ2n) is 5.40. The molecule has 0 fully saturated rings. The topological polar surface area (TPSA) is 107 Å². The molecular weight excluding hydrogens is 338 g/mol. The van der Waals surface area contributed by atoms with E-state index in [1.165, 1.54) is 17.8 Å². The molecular formula is C17H21N5O4. The highest BCUT2D eigenvalue weighted by molar-refractivity contribution is 5.86. The van der Waals surface area contributed by atoms with Gasteiger partial charge in [0.25, 0.3) is 5.56 Å². The number of hydrazone groups is 1. The summed E-state index contributed by atoms with van der Waals surface area (Å²) in [4.78, 5) is 35.9. The SMILES string of the molecule is CCOC(=O)NN=Cc1c(NCc2ccccc2)n(C)c(=O)n(C)c1=O. The van der Waals surface area contributed by atoms with Crippen LogP contribution in [0.2, 0.25) is 0 Å². The van der Waals surface area contributed by atoms with Gasteiger partial charge in [-0.1, -0.05) is 30.3 Å². The minimum absolute atomic E-state index is 0.141. The predicted octanol–water partition coefficient (Wildman–Crippen LogP) is 0.776. The second-order valence-corrected chi connectivity index (χ2v) is 5.40. The van der Waals surface area contributed by atoms with Crippen LogP contribution in [0.5, 0.6) is 0 Å². The smallest absolute Gasteiger partial charge is 0.427 e. The van der Waals surface area contributed by atoms with Crippen LogP contribution in [0.15, 0.2) is 45.0 Å². The monoisotopic (exact) mass is 359 g/mol. The molecule has 0 unspecified atom stereocenters. The molecule has 1 aromatic heterocycles. The van der Waals surface area contributed by atoms with E-state index in [-0.39, 0.29) is 12.2 Å². The predicted molar refractivity (Wildman–Crippen MR) is 98.4 cm³/mol. The molecule has 2 aromatic rings. The summed E-state index contributed by atoms with van der Waals surface area (Å²) in [7, 11) is 2.92. The number of benzene rings is 1. The molecule has 0 atom stereocenters. The lowest BCUT2D eigenvalue weighted by molar-refractivity contribution is 0.152. The van der Waals surface area contributed by atoms with Gasteiger partial charge in [0, 0.05) is 20.6 Å². The summed E-state index contributed by atoms with van der Waals surface area (Å²) >= 11 is 0. The van der Waals surface area contributed by atoms with Gasteiger partial charge in [-0.05, 0) is 12.5 Å². The van der Waals surface area contributed by atoms with Crippen LogP contribution in [-0.4, -0.2) is 28.0 Å². The third kappa shape index (κ3) is 4.38. The summed E-state index contributed by atoms with van der Waals surface area (Å²) < 4.78 is 6.98. The Kier molecular flexibility index (Phi) is 6.31. The Balaban J connectivity index is 2.35. The first-order chi connectivity index (χ1) is 12.5. The fraction of sp³-hybridized carbons (Fsp3) is 0.294. The van der Waals surface area contributed by atoms with Gasteiger partial charge in [-0.2, -0.15) is 5.10 Å². The highest BCUT2D eigenvalue weighted by atomic mass is 16.5. The first-order valence-electron chi connectivity index (χ1n) is 7.99. The quantitative estimate of drug-likeness (QED) is 0.585. The molecule has 9 nitrogen and oxygen atoms in total. The lowest BCUT2D eigenvalue weighted by Crippen LogP contribution is -2.40. The van der Waals surface area contributed by atoms with Crippen LogP contribution in [0.3, 0.4) is 0 Å². The lowest BCUT2D eigenvalue weighted by Gasteiger charge is -2.15. The van der Waals surface area contributed by atoms with Crippen LogP contribution < -0.4 is 22.0 Å². The van der Waals surface area contributed by atoms with E-state index in [0.29, 0.717) is 12.4 Å². The molecule has 0 saturated heterocycles. The van der Waals surface area contributed by atoms with Crippen molar-refractivity contribution in [2.24, 2.45) is 19.2 Å². The summed E-state index contributed by atoms with van der Waals surface area (Å²) in [6, 6.07) is 9.53. The van der Waals surface area contributed by atoms with Crippen molar-refractivity contribution in [2.45, 2.75) is 13.5 Å². The summed E-state index contributed by atoms with van der Waals surface area (Å²) in [6.07, 6.45) is 0.454. The van der Waals surface area contributed by atoms with Crippen molar-refractivity contribution in [1.82, 2.24) is 14.6 Å². The number of hydrogen-bond donors (Lipinski definition) is 2. The van der Waals surface area contributed by atoms with Gasteiger partial charge >= 0.3 is 11.8 Å². The van der Waals surface area contributed by atoms with E-state index in [1.807, 2.05) is 30.3 Å². The first-order valence-corrected chi connectivity index (χ1v) is 7.99. The van der Waals surface area contributed by atoms with Crippen molar-refractivity contribution in [3.63, 3.8) is 0 Å².